The first-order valence-electron chi connectivity index (χ1n) is 6.74. The maximum atomic E-state index is 12.1. The van der Waals surface area contributed by atoms with Crippen molar-refractivity contribution in [3.05, 3.63) is 0 Å². The zero-order chi connectivity index (χ0) is 16.7. The summed E-state index contributed by atoms with van der Waals surface area (Å²) < 4.78 is 36.3. The Morgan fingerprint density at radius 1 is 1.19 bits per heavy atom. The molecule has 0 aliphatic heterocycles. The molecule has 1 unspecified atom stereocenters. The van der Waals surface area contributed by atoms with E-state index in [1.54, 1.807) is 0 Å². The van der Waals surface area contributed by atoms with Crippen LogP contribution in [0.25, 0.3) is 0 Å². The third kappa shape index (κ3) is 12.0. The average Bonchev–Trinajstić information content (AvgIpc) is 2.23. The molecule has 0 fully saturated rings. The fourth-order valence-corrected chi connectivity index (χ4v) is 1.76. The van der Waals surface area contributed by atoms with Gasteiger partial charge >= 0.3 is 18.2 Å². The lowest BCUT2D eigenvalue weighted by Gasteiger charge is -2.24. The fraction of sp³-hybridized carbons (Fsp3) is 0.846. The summed E-state index contributed by atoms with van der Waals surface area (Å²) in [6, 6.07) is -1.65. The Hall–Kier alpha value is -1.47. The van der Waals surface area contributed by atoms with Gasteiger partial charge in [-0.25, -0.2) is 4.79 Å². The molecule has 124 valence electrons. The molecule has 0 saturated heterocycles. The minimum absolute atomic E-state index is 0.0435. The third-order valence-electron chi connectivity index (χ3n) is 3.02. The molecule has 0 heterocycles. The number of urea groups is 1. The number of nitrogens with one attached hydrogen (secondary N) is 2. The van der Waals surface area contributed by atoms with Gasteiger partial charge in [0, 0.05) is 19.0 Å². The van der Waals surface area contributed by atoms with Crippen LogP contribution >= 0.6 is 0 Å². The van der Waals surface area contributed by atoms with Gasteiger partial charge in [0.2, 0.25) is 0 Å². The van der Waals surface area contributed by atoms with Gasteiger partial charge in [-0.05, 0) is 25.2 Å². The SMILES string of the molecule is CC(CC(F)(F)F)NC(=O)NCCC(C)(C)CCC(=O)O. The highest BCUT2D eigenvalue weighted by Crippen LogP contribution is 2.26. The zero-order valence-corrected chi connectivity index (χ0v) is 12.5. The smallest absolute Gasteiger partial charge is 0.391 e. The average molecular weight is 312 g/mol. The van der Waals surface area contributed by atoms with Crippen LogP contribution in [-0.4, -0.2) is 35.9 Å². The zero-order valence-electron chi connectivity index (χ0n) is 12.5. The highest BCUT2D eigenvalue weighted by molar-refractivity contribution is 5.74. The highest BCUT2D eigenvalue weighted by atomic mass is 19.4. The van der Waals surface area contributed by atoms with Crippen molar-refractivity contribution in [2.75, 3.05) is 6.54 Å². The van der Waals surface area contributed by atoms with Crippen LogP contribution in [0.15, 0.2) is 0 Å². The van der Waals surface area contributed by atoms with Gasteiger partial charge in [0.25, 0.3) is 0 Å². The molecule has 21 heavy (non-hydrogen) atoms. The number of carboxylic acids is 1. The first-order chi connectivity index (χ1) is 9.41. The second kappa shape index (κ2) is 8.09. The van der Waals surface area contributed by atoms with Crippen LogP contribution in [0.3, 0.4) is 0 Å². The number of carbonyl (C=O) groups excluding carboxylic acids is 1. The highest BCUT2D eigenvalue weighted by Gasteiger charge is 2.30. The van der Waals surface area contributed by atoms with Crippen LogP contribution < -0.4 is 10.6 Å². The summed E-state index contributed by atoms with van der Waals surface area (Å²) in [6.45, 7) is 5.31. The predicted molar refractivity (Wildman–Crippen MR) is 71.9 cm³/mol. The molecule has 8 heteroatoms. The Morgan fingerprint density at radius 3 is 2.24 bits per heavy atom. The predicted octanol–water partition coefficient (Wildman–Crippen LogP) is 2.91. The molecule has 0 spiro atoms. The summed E-state index contributed by atoms with van der Waals surface area (Å²) in [5, 5.41) is 13.3. The molecular weight excluding hydrogens is 289 g/mol. The molecule has 0 bridgehead atoms. The quantitative estimate of drug-likeness (QED) is 0.645. The summed E-state index contributed by atoms with van der Waals surface area (Å²) in [4.78, 5) is 21.9. The van der Waals surface area contributed by atoms with E-state index in [-0.39, 0.29) is 18.4 Å². The monoisotopic (exact) mass is 312 g/mol. The summed E-state index contributed by atoms with van der Waals surface area (Å²) >= 11 is 0. The van der Waals surface area contributed by atoms with Gasteiger partial charge in [-0.1, -0.05) is 13.8 Å². The van der Waals surface area contributed by atoms with Crippen LogP contribution in [0.1, 0.15) is 46.5 Å². The number of carbonyl (C=O) groups is 2. The molecule has 0 aromatic heterocycles. The number of rotatable bonds is 8. The lowest BCUT2D eigenvalue weighted by Crippen LogP contribution is -2.43. The molecule has 5 nitrogen and oxygen atoms in total. The van der Waals surface area contributed by atoms with E-state index in [0.717, 1.165) is 0 Å². The van der Waals surface area contributed by atoms with Gasteiger partial charge in [-0.2, -0.15) is 13.2 Å². The van der Waals surface area contributed by atoms with E-state index in [4.69, 9.17) is 5.11 Å². The number of alkyl halides is 3. The van der Waals surface area contributed by atoms with E-state index in [1.807, 2.05) is 13.8 Å². The maximum absolute atomic E-state index is 12.1. The molecular formula is C13H23F3N2O3. The Balaban J connectivity index is 3.95. The van der Waals surface area contributed by atoms with Crippen molar-refractivity contribution in [3.63, 3.8) is 0 Å². The summed E-state index contributed by atoms with van der Waals surface area (Å²) in [5.74, 6) is -0.880. The molecule has 0 aromatic carbocycles. The largest absolute Gasteiger partial charge is 0.481 e. The second-order valence-electron chi connectivity index (χ2n) is 5.93. The maximum Gasteiger partial charge on any atom is 0.391 e. The van der Waals surface area contributed by atoms with Crippen LogP contribution in [0, 0.1) is 5.41 Å². The van der Waals surface area contributed by atoms with Crippen molar-refractivity contribution >= 4 is 12.0 Å². The first kappa shape index (κ1) is 19.5. The number of carboxylic acid groups (broad SMARTS) is 1. The normalized spacial score (nSPS) is 13.6. The van der Waals surface area contributed by atoms with Crippen molar-refractivity contribution in [2.24, 2.45) is 5.41 Å². The van der Waals surface area contributed by atoms with Gasteiger partial charge in [-0.3, -0.25) is 4.79 Å². The number of hydrogen-bond donors (Lipinski definition) is 3. The number of halogens is 3. The van der Waals surface area contributed by atoms with E-state index in [0.29, 0.717) is 12.8 Å². The molecule has 0 aromatic rings. The Kier molecular flexibility index (Phi) is 7.52. The van der Waals surface area contributed by atoms with Gasteiger partial charge < -0.3 is 15.7 Å². The molecule has 0 rings (SSSR count). The van der Waals surface area contributed by atoms with E-state index in [1.165, 1.54) is 6.92 Å². The van der Waals surface area contributed by atoms with E-state index in [9.17, 15) is 22.8 Å². The molecule has 1 atom stereocenters. The van der Waals surface area contributed by atoms with Gasteiger partial charge in [0.05, 0.1) is 6.42 Å². The van der Waals surface area contributed by atoms with Crippen LogP contribution in [0.2, 0.25) is 0 Å². The van der Waals surface area contributed by atoms with Crippen molar-refractivity contribution in [1.82, 2.24) is 10.6 Å². The Bertz CT molecular complexity index is 357. The molecule has 0 aliphatic carbocycles. The first-order valence-corrected chi connectivity index (χ1v) is 6.74. The van der Waals surface area contributed by atoms with Crippen molar-refractivity contribution < 1.29 is 27.9 Å². The number of aliphatic carboxylic acids is 1. The Morgan fingerprint density at radius 2 is 1.76 bits per heavy atom. The van der Waals surface area contributed by atoms with Crippen LogP contribution in [-0.2, 0) is 4.79 Å². The number of amides is 2. The topological polar surface area (TPSA) is 78.4 Å². The summed E-state index contributed by atoms with van der Waals surface area (Å²) in [5.41, 5.74) is -0.261. The molecule has 0 aliphatic rings. The standard InChI is InChI=1S/C13H23F3N2O3/c1-9(8-13(14,15)16)18-11(21)17-7-6-12(2,3)5-4-10(19)20/h9H,4-8H2,1-3H3,(H,19,20)(H2,17,18,21). The van der Waals surface area contributed by atoms with Crippen molar-refractivity contribution in [1.29, 1.82) is 0 Å². The van der Waals surface area contributed by atoms with Crippen LogP contribution in [0.5, 0.6) is 0 Å². The van der Waals surface area contributed by atoms with E-state index in [2.05, 4.69) is 10.6 Å². The lowest BCUT2D eigenvalue weighted by molar-refractivity contribution is -0.139. The summed E-state index contributed by atoms with van der Waals surface area (Å²) in [6.07, 6.45) is -4.34. The second-order valence-corrected chi connectivity index (χ2v) is 5.93. The van der Waals surface area contributed by atoms with Crippen LogP contribution in [0.4, 0.5) is 18.0 Å². The van der Waals surface area contributed by atoms with Gasteiger partial charge in [-0.15, -0.1) is 0 Å². The van der Waals surface area contributed by atoms with E-state index < -0.39 is 30.6 Å². The molecule has 3 N–H and O–H groups in total. The Labute approximate surface area is 122 Å². The third-order valence-corrected chi connectivity index (χ3v) is 3.02. The summed E-state index contributed by atoms with van der Waals surface area (Å²) in [7, 11) is 0. The minimum Gasteiger partial charge on any atom is -0.481 e. The molecule has 0 radical (unpaired) electrons. The molecule has 0 saturated carbocycles. The van der Waals surface area contributed by atoms with Crippen molar-refractivity contribution in [2.45, 2.75) is 58.7 Å². The minimum atomic E-state index is -4.31. The fourth-order valence-electron chi connectivity index (χ4n) is 1.76. The number of hydrogen-bond acceptors (Lipinski definition) is 2. The lowest BCUT2D eigenvalue weighted by atomic mass is 9.84. The van der Waals surface area contributed by atoms with Crippen molar-refractivity contribution in [3.8, 4) is 0 Å². The van der Waals surface area contributed by atoms with Gasteiger partial charge in [0.1, 0.15) is 0 Å². The van der Waals surface area contributed by atoms with Gasteiger partial charge in [0.15, 0.2) is 0 Å². The molecule has 2 amide bonds. The van der Waals surface area contributed by atoms with E-state index >= 15 is 0 Å².